The third-order valence-electron chi connectivity index (χ3n) is 4.77. The molecule has 0 aliphatic heterocycles. The quantitative estimate of drug-likeness (QED) is 0.429. The SMILES string of the molecule is CCCCn1c(SCc2nc(N)c3c(C(=O)OCC)c(C)oc3n2)nc(C)c1C. The molecule has 3 rings (SSSR count). The number of hydrogen-bond donors (Lipinski definition) is 1. The number of nitrogens with two attached hydrogens (primary N) is 1. The van der Waals surface area contributed by atoms with E-state index in [9.17, 15) is 4.79 Å². The molecular formula is C20H27N5O3S. The molecule has 0 aliphatic rings. The Morgan fingerprint density at radius 1 is 1.21 bits per heavy atom. The summed E-state index contributed by atoms with van der Waals surface area (Å²) in [6.07, 6.45) is 2.22. The zero-order valence-corrected chi connectivity index (χ0v) is 18.4. The number of rotatable bonds is 8. The molecule has 3 heterocycles. The number of fused-ring (bicyclic) bond motifs is 1. The number of nitrogens with zero attached hydrogens (tertiary/aromatic N) is 4. The highest BCUT2D eigenvalue weighted by Gasteiger charge is 2.24. The molecule has 156 valence electrons. The number of unbranched alkanes of at least 4 members (excludes halogenated alkanes) is 1. The normalized spacial score (nSPS) is 11.3. The van der Waals surface area contributed by atoms with Crippen LogP contribution in [0.1, 0.15) is 60.0 Å². The van der Waals surface area contributed by atoms with E-state index in [2.05, 4.69) is 33.4 Å². The molecule has 0 amide bonds. The molecule has 0 bridgehead atoms. The van der Waals surface area contributed by atoms with Gasteiger partial charge in [-0.15, -0.1) is 0 Å². The van der Waals surface area contributed by atoms with Crippen LogP contribution in [0.5, 0.6) is 0 Å². The van der Waals surface area contributed by atoms with E-state index in [-0.39, 0.29) is 12.4 Å². The van der Waals surface area contributed by atoms with Crippen molar-refractivity contribution in [3.63, 3.8) is 0 Å². The highest BCUT2D eigenvalue weighted by molar-refractivity contribution is 7.98. The predicted molar refractivity (Wildman–Crippen MR) is 113 cm³/mol. The summed E-state index contributed by atoms with van der Waals surface area (Å²) < 4.78 is 13.0. The Kier molecular flexibility index (Phi) is 6.46. The van der Waals surface area contributed by atoms with Crippen molar-refractivity contribution in [2.45, 2.75) is 64.9 Å². The maximum absolute atomic E-state index is 12.2. The van der Waals surface area contributed by atoms with Crippen molar-refractivity contribution in [3.8, 4) is 0 Å². The van der Waals surface area contributed by atoms with Gasteiger partial charge in [-0.25, -0.2) is 14.8 Å². The van der Waals surface area contributed by atoms with Crippen molar-refractivity contribution in [1.29, 1.82) is 0 Å². The number of ether oxygens (including phenoxy) is 1. The number of furan rings is 1. The summed E-state index contributed by atoms with van der Waals surface area (Å²) in [5, 5.41) is 1.35. The summed E-state index contributed by atoms with van der Waals surface area (Å²) in [5.41, 5.74) is 8.95. The smallest absolute Gasteiger partial charge is 0.342 e. The molecule has 0 aromatic carbocycles. The number of nitrogen functional groups attached to an aromatic ring is 1. The van der Waals surface area contributed by atoms with E-state index in [0.29, 0.717) is 34.0 Å². The molecule has 0 saturated heterocycles. The number of thioether (sulfide) groups is 1. The first-order valence-corrected chi connectivity index (χ1v) is 10.7. The standard InChI is InChI=1S/C20H27N5O3S/c1-6-8-9-25-12(4)11(3)22-20(25)29-10-14-23-17(21)16-15(19(26)27-7-2)13(5)28-18(16)24-14/h6-10H2,1-5H3,(H2,21,23,24). The topological polar surface area (TPSA) is 109 Å². The van der Waals surface area contributed by atoms with Gasteiger partial charge >= 0.3 is 5.97 Å². The van der Waals surface area contributed by atoms with Gasteiger partial charge in [0.1, 0.15) is 23.0 Å². The van der Waals surface area contributed by atoms with Crippen LogP contribution in [0.4, 0.5) is 5.82 Å². The number of hydrogen-bond acceptors (Lipinski definition) is 8. The molecule has 8 nitrogen and oxygen atoms in total. The summed E-state index contributed by atoms with van der Waals surface area (Å²) in [5.74, 6) is 1.18. The summed E-state index contributed by atoms with van der Waals surface area (Å²) >= 11 is 1.57. The van der Waals surface area contributed by atoms with Crippen LogP contribution in [0.15, 0.2) is 9.57 Å². The Balaban J connectivity index is 1.87. The monoisotopic (exact) mass is 417 g/mol. The van der Waals surface area contributed by atoms with Crippen LogP contribution in [0.25, 0.3) is 11.1 Å². The van der Waals surface area contributed by atoms with Gasteiger partial charge < -0.3 is 19.5 Å². The molecule has 0 fully saturated rings. The number of anilines is 1. The summed E-state index contributed by atoms with van der Waals surface area (Å²) in [7, 11) is 0. The van der Waals surface area contributed by atoms with Crippen LogP contribution in [-0.2, 0) is 17.0 Å². The van der Waals surface area contributed by atoms with E-state index < -0.39 is 5.97 Å². The number of carbonyl (C=O) groups excluding carboxylic acids is 1. The van der Waals surface area contributed by atoms with Crippen LogP contribution in [0.2, 0.25) is 0 Å². The third kappa shape index (κ3) is 4.24. The van der Waals surface area contributed by atoms with Gasteiger partial charge in [-0.05, 0) is 34.1 Å². The maximum Gasteiger partial charge on any atom is 0.342 e. The molecule has 9 heteroatoms. The van der Waals surface area contributed by atoms with Crippen molar-refractivity contribution < 1.29 is 13.9 Å². The Bertz CT molecular complexity index is 1040. The first kappa shape index (κ1) is 21.2. The van der Waals surface area contributed by atoms with E-state index in [0.717, 1.165) is 30.2 Å². The Morgan fingerprint density at radius 2 is 1.97 bits per heavy atom. The molecule has 3 aromatic heterocycles. The zero-order valence-electron chi connectivity index (χ0n) is 17.5. The number of aryl methyl sites for hydroxylation is 2. The average Bonchev–Trinajstić information content (AvgIpc) is 3.15. The average molecular weight is 418 g/mol. The Labute approximate surface area is 174 Å². The van der Waals surface area contributed by atoms with Crippen molar-refractivity contribution in [2.75, 3.05) is 12.3 Å². The van der Waals surface area contributed by atoms with E-state index in [4.69, 9.17) is 14.9 Å². The maximum atomic E-state index is 12.2. The van der Waals surface area contributed by atoms with E-state index in [1.807, 2.05) is 6.92 Å². The number of imidazole rings is 1. The van der Waals surface area contributed by atoms with E-state index >= 15 is 0 Å². The van der Waals surface area contributed by atoms with Crippen molar-refractivity contribution >= 4 is 34.6 Å². The summed E-state index contributed by atoms with van der Waals surface area (Å²) in [6, 6.07) is 0. The first-order chi connectivity index (χ1) is 13.9. The van der Waals surface area contributed by atoms with Crippen LogP contribution in [0, 0.1) is 20.8 Å². The van der Waals surface area contributed by atoms with Gasteiger partial charge in [0.15, 0.2) is 5.16 Å². The lowest BCUT2D eigenvalue weighted by Crippen LogP contribution is -2.07. The minimum Gasteiger partial charge on any atom is -0.462 e. The Hall–Kier alpha value is -2.55. The minimum atomic E-state index is -0.481. The lowest BCUT2D eigenvalue weighted by Gasteiger charge is -2.09. The fraction of sp³-hybridized carbons (Fsp3) is 0.500. The summed E-state index contributed by atoms with van der Waals surface area (Å²) in [4.78, 5) is 25.8. The first-order valence-electron chi connectivity index (χ1n) is 9.76. The highest BCUT2D eigenvalue weighted by atomic mass is 32.2. The number of esters is 1. The highest BCUT2D eigenvalue weighted by Crippen LogP contribution is 2.30. The number of aromatic nitrogens is 4. The molecule has 0 spiro atoms. The second-order valence-electron chi connectivity index (χ2n) is 6.82. The molecule has 0 atom stereocenters. The lowest BCUT2D eigenvalue weighted by atomic mass is 10.2. The molecule has 0 saturated carbocycles. The zero-order chi connectivity index (χ0) is 21.1. The van der Waals surface area contributed by atoms with Crippen LogP contribution in [-0.4, -0.2) is 32.1 Å². The largest absolute Gasteiger partial charge is 0.462 e. The second kappa shape index (κ2) is 8.86. The molecule has 29 heavy (non-hydrogen) atoms. The summed E-state index contributed by atoms with van der Waals surface area (Å²) in [6.45, 7) is 10.9. The van der Waals surface area contributed by atoms with Crippen LogP contribution >= 0.6 is 11.8 Å². The van der Waals surface area contributed by atoms with Crippen molar-refractivity contribution in [2.24, 2.45) is 0 Å². The molecule has 0 unspecified atom stereocenters. The van der Waals surface area contributed by atoms with Crippen molar-refractivity contribution in [1.82, 2.24) is 19.5 Å². The van der Waals surface area contributed by atoms with Crippen LogP contribution < -0.4 is 5.73 Å². The van der Waals surface area contributed by atoms with Gasteiger partial charge in [-0.3, -0.25) is 0 Å². The second-order valence-corrected chi connectivity index (χ2v) is 7.76. The van der Waals surface area contributed by atoms with Crippen molar-refractivity contribution in [3.05, 3.63) is 28.5 Å². The minimum absolute atomic E-state index is 0.215. The molecule has 2 N–H and O–H groups in total. The van der Waals surface area contributed by atoms with Gasteiger partial charge in [-0.2, -0.15) is 4.98 Å². The lowest BCUT2D eigenvalue weighted by molar-refractivity contribution is 0.0526. The molecule has 3 aromatic rings. The molecule has 0 radical (unpaired) electrons. The van der Waals surface area contributed by atoms with Gasteiger partial charge in [0.25, 0.3) is 0 Å². The van der Waals surface area contributed by atoms with E-state index in [1.165, 1.54) is 5.69 Å². The number of carbonyl (C=O) groups is 1. The van der Waals surface area contributed by atoms with Gasteiger partial charge in [0.05, 0.1) is 23.4 Å². The molecule has 0 aliphatic carbocycles. The van der Waals surface area contributed by atoms with E-state index in [1.54, 1.807) is 25.6 Å². The van der Waals surface area contributed by atoms with Gasteiger partial charge in [0.2, 0.25) is 5.71 Å². The fourth-order valence-electron chi connectivity index (χ4n) is 3.14. The van der Waals surface area contributed by atoms with Gasteiger partial charge in [-0.1, -0.05) is 25.1 Å². The third-order valence-corrected chi connectivity index (χ3v) is 5.74. The Morgan fingerprint density at radius 3 is 2.66 bits per heavy atom. The molecular weight excluding hydrogens is 390 g/mol. The van der Waals surface area contributed by atoms with Gasteiger partial charge in [0, 0.05) is 12.2 Å². The van der Waals surface area contributed by atoms with Crippen LogP contribution in [0.3, 0.4) is 0 Å². The predicted octanol–water partition coefficient (Wildman–Crippen LogP) is 4.20. The fourth-order valence-corrected chi connectivity index (χ4v) is 4.11.